The predicted molar refractivity (Wildman–Crippen MR) is 188 cm³/mol. The standard InChI is InChI=1S/C35H46F2N6O8S/c1-21(40-34(48)31(45)23-17-24(36)19-25(37)18-23)32(46)42-29(22-7-3-2-4-8-22)33(47)39-12-14-51-16-15-50-13-11-38-28(44)10-6-5-9-27-30-26(20-52-27)41-35(49)43-30/h2-4,7-8,17-19,21,26-27,29-31,45H,5-6,9-16,20H2,1H3,(H,38,44)(H,39,47)(H,40,48)(H,42,46)(H2,41,43,49)/t21-,26-,27?,29-,30-,31?/m0/s1. The number of unbranched alkanes of at least 4 members (excludes halogenated alkanes) is 1. The summed E-state index contributed by atoms with van der Waals surface area (Å²) in [7, 11) is 0. The van der Waals surface area contributed by atoms with Gasteiger partial charge in [-0.2, -0.15) is 11.8 Å². The molecule has 0 aliphatic carbocycles. The zero-order valence-corrected chi connectivity index (χ0v) is 29.6. The van der Waals surface area contributed by atoms with Crippen LogP contribution in [0.1, 0.15) is 55.9 Å². The highest BCUT2D eigenvalue weighted by molar-refractivity contribution is 8.00. The van der Waals surface area contributed by atoms with Crippen molar-refractivity contribution in [3.8, 4) is 0 Å². The van der Waals surface area contributed by atoms with Crippen molar-refractivity contribution in [3.63, 3.8) is 0 Å². The number of aliphatic hydroxyl groups excluding tert-OH is 1. The van der Waals surface area contributed by atoms with Gasteiger partial charge in [0.15, 0.2) is 6.10 Å². The molecule has 2 saturated heterocycles. The molecule has 284 valence electrons. The normalized spacial score (nSPS) is 19.4. The van der Waals surface area contributed by atoms with Crippen molar-refractivity contribution in [3.05, 3.63) is 71.3 Å². The summed E-state index contributed by atoms with van der Waals surface area (Å²) in [6.45, 7) is 2.85. The van der Waals surface area contributed by atoms with E-state index in [1.807, 2.05) is 11.8 Å². The molecule has 0 aromatic heterocycles. The number of carbonyl (C=O) groups is 5. The van der Waals surface area contributed by atoms with E-state index in [-0.39, 0.29) is 56.0 Å². The van der Waals surface area contributed by atoms with Crippen LogP contribution in [0.3, 0.4) is 0 Å². The molecular formula is C35H46F2N6O8S. The van der Waals surface area contributed by atoms with Crippen LogP contribution in [-0.4, -0.2) is 103 Å². The summed E-state index contributed by atoms with van der Waals surface area (Å²) in [6.07, 6.45) is 1.14. The number of hydrogen-bond donors (Lipinski definition) is 7. The topological polar surface area (TPSA) is 196 Å². The Bertz CT molecular complexity index is 1510. The molecule has 7 N–H and O–H groups in total. The second-order valence-corrected chi connectivity index (χ2v) is 13.7. The highest BCUT2D eigenvalue weighted by Gasteiger charge is 2.42. The fraction of sp³-hybridized carbons (Fsp3) is 0.514. The van der Waals surface area contributed by atoms with Gasteiger partial charge >= 0.3 is 6.03 Å². The molecule has 2 aromatic carbocycles. The van der Waals surface area contributed by atoms with Gasteiger partial charge in [-0.1, -0.05) is 36.8 Å². The quantitative estimate of drug-likeness (QED) is 0.0729. The molecule has 0 spiro atoms. The van der Waals surface area contributed by atoms with Gasteiger partial charge in [0.25, 0.3) is 5.91 Å². The Balaban J connectivity index is 1.06. The lowest BCUT2D eigenvalue weighted by atomic mass is 10.0. The molecule has 0 saturated carbocycles. The minimum Gasteiger partial charge on any atom is -0.378 e. The average Bonchev–Trinajstić information content (AvgIpc) is 3.68. The summed E-state index contributed by atoms with van der Waals surface area (Å²) in [5, 5.41) is 26.9. The number of hydrogen-bond acceptors (Lipinski definition) is 9. The van der Waals surface area contributed by atoms with Gasteiger partial charge in [0.2, 0.25) is 17.7 Å². The summed E-state index contributed by atoms with van der Waals surface area (Å²) < 4.78 is 38.1. The van der Waals surface area contributed by atoms with E-state index in [9.17, 15) is 37.9 Å². The van der Waals surface area contributed by atoms with Crippen LogP contribution < -0.4 is 31.9 Å². The van der Waals surface area contributed by atoms with Gasteiger partial charge in [0.1, 0.15) is 23.7 Å². The van der Waals surface area contributed by atoms with Crippen molar-refractivity contribution < 1.29 is 47.3 Å². The molecule has 2 aromatic rings. The Kier molecular flexibility index (Phi) is 16.1. The van der Waals surface area contributed by atoms with Crippen LogP contribution in [-0.2, 0) is 28.7 Å². The molecular weight excluding hydrogens is 702 g/mol. The van der Waals surface area contributed by atoms with Gasteiger partial charge in [-0.05, 0) is 43.0 Å². The maximum absolute atomic E-state index is 13.5. The molecule has 2 aliphatic heterocycles. The van der Waals surface area contributed by atoms with Gasteiger partial charge in [-0.15, -0.1) is 0 Å². The van der Waals surface area contributed by atoms with Gasteiger partial charge in [-0.3, -0.25) is 19.2 Å². The lowest BCUT2D eigenvalue weighted by molar-refractivity contribution is -0.135. The lowest BCUT2D eigenvalue weighted by Gasteiger charge is -2.22. The Morgan fingerprint density at radius 2 is 1.54 bits per heavy atom. The first kappa shape index (κ1) is 40.5. The molecule has 2 aliphatic rings. The zero-order chi connectivity index (χ0) is 37.5. The van der Waals surface area contributed by atoms with Gasteiger partial charge < -0.3 is 46.5 Å². The first-order valence-corrected chi connectivity index (χ1v) is 18.2. The van der Waals surface area contributed by atoms with Crippen LogP contribution >= 0.6 is 11.8 Å². The van der Waals surface area contributed by atoms with Gasteiger partial charge in [-0.25, -0.2) is 13.6 Å². The number of benzene rings is 2. The molecule has 17 heteroatoms. The number of halogens is 2. The summed E-state index contributed by atoms with van der Waals surface area (Å²) in [6, 6.07) is 8.57. The highest BCUT2D eigenvalue weighted by atomic mass is 32.2. The Hall–Kier alpha value is -4.32. The number of thioether (sulfide) groups is 1. The minimum atomic E-state index is -1.93. The Morgan fingerprint density at radius 1 is 0.865 bits per heavy atom. The van der Waals surface area contributed by atoms with Crippen LogP contribution in [0.4, 0.5) is 13.6 Å². The second-order valence-electron chi connectivity index (χ2n) is 12.4. The van der Waals surface area contributed by atoms with Crippen molar-refractivity contribution in [2.45, 2.75) is 68.1 Å². The number of fused-ring (bicyclic) bond motifs is 1. The minimum absolute atomic E-state index is 0.0370. The molecule has 0 radical (unpaired) electrons. The molecule has 14 nitrogen and oxygen atoms in total. The molecule has 2 heterocycles. The number of nitrogens with one attached hydrogen (secondary N) is 6. The van der Waals surface area contributed by atoms with Crippen molar-refractivity contribution >= 4 is 41.4 Å². The number of carbonyl (C=O) groups excluding carboxylic acids is 5. The van der Waals surface area contributed by atoms with Crippen LogP contribution in [0.5, 0.6) is 0 Å². The first-order chi connectivity index (χ1) is 25.0. The number of ether oxygens (including phenoxy) is 2. The SMILES string of the molecule is C[C@H](NC(=O)C(O)c1cc(F)cc(F)c1)C(=O)N[C@H](C(=O)NCCOCCOCCNC(=O)CCCCC1SC[C@@H]2NC(=O)N[C@H]12)c1ccccc1. The van der Waals surface area contributed by atoms with Crippen molar-refractivity contribution in [1.29, 1.82) is 0 Å². The third-order valence-electron chi connectivity index (χ3n) is 8.45. The number of urea groups is 1. The molecule has 52 heavy (non-hydrogen) atoms. The van der Waals surface area contributed by atoms with Crippen molar-refractivity contribution in [2.75, 3.05) is 45.3 Å². The van der Waals surface area contributed by atoms with Crippen LogP contribution in [0.15, 0.2) is 48.5 Å². The summed E-state index contributed by atoms with van der Waals surface area (Å²) in [5.74, 6) is -3.40. The van der Waals surface area contributed by atoms with E-state index >= 15 is 0 Å². The molecule has 4 rings (SSSR count). The second kappa shape index (κ2) is 20.7. The van der Waals surface area contributed by atoms with E-state index in [0.717, 1.165) is 37.1 Å². The van der Waals surface area contributed by atoms with E-state index in [4.69, 9.17) is 9.47 Å². The molecule has 6 amide bonds. The summed E-state index contributed by atoms with van der Waals surface area (Å²) in [5.41, 5.74) is 0.153. The zero-order valence-electron chi connectivity index (χ0n) is 28.8. The summed E-state index contributed by atoms with van der Waals surface area (Å²) in [4.78, 5) is 62.1. The van der Waals surface area contributed by atoms with Crippen LogP contribution in [0.25, 0.3) is 0 Å². The largest absolute Gasteiger partial charge is 0.378 e. The number of rotatable bonds is 21. The smallest absolute Gasteiger partial charge is 0.315 e. The van der Waals surface area contributed by atoms with E-state index < -0.39 is 47.5 Å². The monoisotopic (exact) mass is 748 g/mol. The molecule has 6 atom stereocenters. The molecule has 0 bridgehead atoms. The fourth-order valence-corrected chi connectivity index (χ4v) is 7.29. The van der Waals surface area contributed by atoms with Crippen LogP contribution in [0, 0.1) is 11.6 Å². The van der Waals surface area contributed by atoms with E-state index in [0.29, 0.717) is 36.5 Å². The summed E-state index contributed by atoms with van der Waals surface area (Å²) >= 11 is 1.86. The molecule has 2 unspecified atom stereocenters. The third-order valence-corrected chi connectivity index (χ3v) is 9.96. The first-order valence-electron chi connectivity index (χ1n) is 17.2. The van der Waals surface area contributed by atoms with Crippen molar-refractivity contribution in [2.24, 2.45) is 0 Å². The maximum Gasteiger partial charge on any atom is 0.315 e. The average molecular weight is 749 g/mol. The highest BCUT2D eigenvalue weighted by Crippen LogP contribution is 2.33. The maximum atomic E-state index is 13.5. The van der Waals surface area contributed by atoms with E-state index in [2.05, 4.69) is 31.9 Å². The lowest BCUT2D eigenvalue weighted by Crippen LogP contribution is -2.50. The number of amides is 6. The van der Waals surface area contributed by atoms with E-state index in [1.54, 1.807) is 30.3 Å². The van der Waals surface area contributed by atoms with E-state index in [1.165, 1.54) is 6.92 Å². The van der Waals surface area contributed by atoms with Crippen LogP contribution in [0.2, 0.25) is 0 Å². The van der Waals surface area contributed by atoms with Gasteiger partial charge in [0, 0.05) is 36.6 Å². The fourth-order valence-electron chi connectivity index (χ4n) is 5.75. The van der Waals surface area contributed by atoms with Gasteiger partial charge in [0.05, 0.1) is 38.5 Å². The molecule has 2 fully saturated rings. The van der Waals surface area contributed by atoms with Crippen molar-refractivity contribution in [1.82, 2.24) is 31.9 Å². The third kappa shape index (κ3) is 12.7. The predicted octanol–water partition coefficient (Wildman–Crippen LogP) is 1.35. The Morgan fingerprint density at radius 3 is 2.23 bits per heavy atom. The number of aliphatic hydroxyl groups is 1. The Labute approximate surface area is 304 Å².